The fourth-order valence-corrected chi connectivity index (χ4v) is 11.9. The van der Waals surface area contributed by atoms with Gasteiger partial charge in [-0.3, -0.25) is 0 Å². The Morgan fingerprint density at radius 2 is 0.641 bits per heavy atom. The van der Waals surface area contributed by atoms with Crippen molar-refractivity contribution in [1.82, 2.24) is 0 Å². The van der Waals surface area contributed by atoms with Gasteiger partial charge < -0.3 is 0 Å². The maximum atomic E-state index is 3.90. The molecule has 0 aliphatic carbocycles. The Labute approximate surface area is 248 Å². The lowest BCUT2D eigenvalue weighted by Crippen LogP contribution is -2.74. The van der Waals surface area contributed by atoms with E-state index >= 15 is 0 Å². The summed E-state index contributed by atoms with van der Waals surface area (Å²) in [6.45, 7) is 0. The highest BCUT2D eigenvalue weighted by Gasteiger charge is 2.42. The SMILES string of the molecule is Brc1cc(-c2ccccc2)cc([Si](c2ccccc2)(c2ccccc2)c2cc(Br)cc(-c3ccccc3)c2)c1. The molecule has 3 heteroatoms. The molecule has 6 aromatic rings. The number of hydrogen-bond acceptors (Lipinski definition) is 0. The van der Waals surface area contributed by atoms with Crippen molar-refractivity contribution in [3.63, 3.8) is 0 Å². The minimum atomic E-state index is -2.75. The van der Waals surface area contributed by atoms with Crippen LogP contribution in [0, 0.1) is 0 Å². The Balaban J connectivity index is 1.73. The van der Waals surface area contributed by atoms with Gasteiger partial charge in [-0.05, 0) is 67.3 Å². The molecular formula is C36H26Br2Si. The summed E-state index contributed by atoms with van der Waals surface area (Å²) in [6, 6.07) is 57.4. The highest BCUT2D eigenvalue weighted by Crippen LogP contribution is 2.26. The molecule has 0 aliphatic rings. The lowest BCUT2D eigenvalue weighted by Gasteiger charge is -2.35. The van der Waals surface area contributed by atoms with Crippen LogP contribution in [0.25, 0.3) is 22.3 Å². The van der Waals surface area contributed by atoms with E-state index in [2.05, 4.69) is 190 Å². The van der Waals surface area contributed by atoms with Crippen LogP contribution in [0.15, 0.2) is 167 Å². The minimum Gasteiger partial charge on any atom is -0.0623 e. The van der Waals surface area contributed by atoms with Gasteiger partial charge >= 0.3 is 0 Å². The van der Waals surface area contributed by atoms with Crippen molar-refractivity contribution < 1.29 is 0 Å². The van der Waals surface area contributed by atoms with Gasteiger partial charge in [0.05, 0.1) is 0 Å². The second-order valence-electron chi connectivity index (χ2n) is 9.67. The fourth-order valence-electron chi connectivity index (χ4n) is 5.58. The van der Waals surface area contributed by atoms with Crippen LogP contribution in [-0.4, -0.2) is 8.07 Å². The first-order chi connectivity index (χ1) is 19.1. The van der Waals surface area contributed by atoms with Gasteiger partial charge in [0.15, 0.2) is 8.07 Å². The number of hydrogen-bond donors (Lipinski definition) is 0. The van der Waals surface area contributed by atoms with Gasteiger partial charge in [-0.1, -0.05) is 165 Å². The van der Waals surface area contributed by atoms with E-state index in [1.165, 1.54) is 43.0 Å². The third-order valence-corrected chi connectivity index (χ3v) is 12.9. The van der Waals surface area contributed by atoms with Crippen molar-refractivity contribution >= 4 is 60.7 Å². The van der Waals surface area contributed by atoms with E-state index in [-0.39, 0.29) is 0 Å². The zero-order valence-corrected chi connectivity index (χ0v) is 25.4. The Morgan fingerprint density at radius 1 is 0.308 bits per heavy atom. The zero-order valence-electron chi connectivity index (χ0n) is 21.3. The van der Waals surface area contributed by atoms with Crippen molar-refractivity contribution in [3.8, 4) is 22.3 Å². The molecular weight excluding hydrogens is 620 g/mol. The number of rotatable bonds is 6. The molecule has 39 heavy (non-hydrogen) atoms. The van der Waals surface area contributed by atoms with Crippen molar-refractivity contribution in [2.75, 3.05) is 0 Å². The van der Waals surface area contributed by atoms with Crippen molar-refractivity contribution in [1.29, 1.82) is 0 Å². The summed E-state index contributed by atoms with van der Waals surface area (Å²) in [5, 5.41) is 5.38. The summed E-state index contributed by atoms with van der Waals surface area (Å²) in [7, 11) is -2.75. The average molecular weight is 646 g/mol. The monoisotopic (exact) mass is 644 g/mol. The van der Waals surface area contributed by atoms with Gasteiger partial charge in [0.25, 0.3) is 0 Å². The molecule has 0 heterocycles. The molecule has 6 aromatic carbocycles. The highest BCUT2D eigenvalue weighted by molar-refractivity contribution is 9.10. The Morgan fingerprint density at radius 3 is 1.00 bits per heavy atom. The molecule has 188 valence electrons. The number of benzene rings is 6. The van der Waals surface area contributed by atoms with Crippen molar-refractivity contribution in [2.45, 2.75) is 0 Å². The van der Waals surface area contributed by atoms with Crippen LogP contribution in [0.3, 0.4) is 0 Å². The van der Waals surface area contributed by atoms with Gasteiger partial charge in [0.1, 0.15) is 0 Å². The Kier molecular flexibility index (Phi) is 7.47. The van der Waals surface area contributed by atoms with Gasteiger partial charge in [-0.25, -0.2) is 0 Å². The second-order valence-corrected chi connectivity index (χ2v) is 15.3. The first-order valence-corrected chi connectivity index (χ1v) is 16.6. The lowest BCUT2D eigenvalue weighted by molar-refractivity contribution is 1.59. The third-order valence-electron chi connectivity index (χ3n) is 7.29. The van der Waals surface area contributed by atoms with Crippen LogP contribution in [0.4, 0.5) is 0 Å². The summed E-state index contributed by atoms with van der Waals surface area (Å²) >= 11 is 7.80. The molecule has 0 bridgehead atoms. The van der Waals surface area contributed by atoms with E-state index in [0.717, 1.165) is 8.95 Å². The van der Waals surface area contributed by atoms with E-state index < -0.39 is 8.07 Å². The molecule has 0 saturated carbocycles. The molecule has 0 unspecified atom stereocenters. The summed E-state index contributed by atoms with van der Waals surface area (Å²) in [5.74, 6) is 0. The van der Waals surface area contributed by atoms with E-state index in [0.29, 0.717) is 0 Å². The van der Waals surface area contributed by atoms with Gasteiger partial charge in [-0.2, -0.15) is 0 Å². The molecule has 0 nitrogen and oxygen atoms in total. The molecule has 0 saturated heterocycles. The van der Waals surface area contributed by atoms with E-state index in [1.54, 1.807) is 0 Å². The topological polar surface area (TPSA) is 0 Å². The predicted octanol–water partition coefficient (Wildman–Crippen LogP) is 7.92. The molecule has 0 aliphatic heterocycles. The quantitative estimate of drug-likeness (QED) is 0.128. The molecule has 0 atom stereocenters. The molecule has 0 amide bonds. The van der Waals surface area contributed by atoms with Crippen molar-refractivity contribution in [3.05, 3.63) is 167 Å². The van der Waals surface area contributed by atoms with Crippen LogP contribution < -0.4 is 20.7 Å². The van der Waals surface area contributed by atoms with Crippen LogP contribution in [0.2, 0.25) is 0 Å². The lowest BCUT2D eigenvalue weighted by atomic mass is 10.1. The largest absolute Gasteiger partial charge is 0.179 e. The average Bonchev–Trinajstić information content (AvgIpc) is 2.99. The standard InChI is InChI=1S/C36H26Br2Si/c37-31-21-29(27-13-5-1-6-14-27)23-35(25-31)39(33-17-9-3-10-18-33,34-19-11-4-12-20-34)36-24-30(22-32(38)26-36)28-15-7-2-8-16-28/h1-26H. The molecule has 0 spiro atoms. The van der Waals surface area contributed by atoms with Crippen LogP contribution in [-0.2, 0) is 0 Å². The highest BCUT2D eigenvalue weighted by atomic mass is 79.9. The van der Waals surface area contributed by atoms with Gasteiger partial charge in [0.2, 0.25) is 0 Å². The maximum Gasteiger partial charge on any atom is 0.179 e. The summed E-state index contributed by atoms with van der Waals surface area (Å²) < 4.78 is 2.17. The first-order valence-electron chi connectivity index (χ1n) is 13.0. The predicted molar refractivity (Wildman–Crippen MR) is 176 cm³/mol. The molecule has 0 aromatic heterocycles. The van der Waals surface area contributed by atoms with Crippen LogP contribution in [0.5, 0.6) is 0 Å². The van der Waals surface area contributed by atoms with Crippen LogP contribution in [0.1, 0.15) is 0 Å². The number of halogens is 2. The van der Waals surface area contributed by atoms with Crippen molar-refractivity contribution in [2.24, 2.45) is 0 Å². The van der Waals surface area contributed by atoms with E-state index in [4.69, 9.17) is 0 Å². The third kappa shape index (κ3) is 5.10. The van der Waals surface area contributed by atoms with Gasteiger partial charge in [0, 0.05) is 8.95 Å². The molecule has 0 radical (unpaired) electrons. The molecule has 6 rings (SSSR count). The zero-order chi connectivity index (χ0) is 26.7. The maximum absolute atomic E-state index is 3.90. The summed E-state index contributed by atoms with van der Waals surface area (Å²) in [6.07, 6.45) is 0. The smallest absolute Gasteiger partial charge is 0.0623 e. The van der Waals surface area contributed by atoms with Crippen LogP contribution >= 0.6 is 31.9 Å². The second kappa shape index (κ2) is 11.3. The Hall–Kier alpha value is -3.50. The first kappa shape index (κ1) is 25.8. The molecule has 0 fully saturated rings. The summed E-state index contributed by atoms with van der Waals surface area (Å²) in [5.41, 5.74) is 4.84. The normalized spacial score (nSPS) is 11.3. The van der Waals surface area contributed by atoms with Gasteiger partial charge in [-0.15, -0.1) is 0 Å². The molecule has 0 N–H and O–H groups in total. The van der Waals surface area contributed by atoms with E-state index in [9.17, 15) is 0 Å². The Bertz CT molecular complexity index is 1570. The minimum absolute atomic E-state index is 1.08. The van der Waals surface area contributed by atoms with E-state index in [1.807, 2.05) is 0 Å². The summed E-state index contributed by atoms with van der Waals surface area (Å²) in [4.78, 5) is 0. The fraction of sp³-hybridized carbons (Fsp3) is 0.